The van der Waals surface area contributed by atoms with Crippen molar-refractivity contribution in [2.45, 2.75) is 12.5 Å². The van der Waals surface area contributed by atoms with Crippen LogP contribution in [-0.2, 0) is 9.53 Å². The maximum atomic E-state index is 11.1. The lowest BCUT2D eigenvalue weighted by atomic mass is 10.2. The Morgan fingerprint density at radius 2 is 2.25 bits per heavy atom. The van der Waals surface area contributed by atoms with Gasteiger partial charge in [0.05, 0.1) is 12.5 Å². The first-order valence-corrected chi connectivity index (χ1v) is 3.79. The molecule has 5 nitrogen and oxygen atoms in total. The number of amides is 1. The number of methoxy groups -OCH3 is 1. The monoisotopic (exact) mass is 175 g/mol. The molecule has 0 saturated carbocycles. The Balaban J connectivity index is 3.66. The molecule has 0 heterocycles. The van der Waals surface area contributed by atoms with Crippen molar-refractivity contribution in [1.82, 2.24) is 10.4 Å². The third-order valence-electron chi connectivity index (χ3n) is 1.36. The van der Waals surface area contributed by atoms with Crippen LogP contribution < -0.4 is 11.2 Å². The zero-order valence-electron chi connectivity index (χ0n) is 7.83. The molecule has 0 aromatic heterocycles. The zero-order chi connectivity index (χ0) is 9.56. The largest absolute Gasteiger partial charge is 0.380 e. The van der Waals surface area contributed by atoms with Gasteiger partial charge in [-0.3, -0.25) is 10.2 Å². The highest BCUT2D eigenvalue weighted by molar-refractivity contribution is 5.75. The van der Waals surface area contributed by atoms with Gasteiger partial charge in [0, 0.05) is 27.7 Å². The van der Waals surface area contributed by atoms with E-state index in [1.54, 1.807) is 26.2 Å². The summed E-state index contributed by atoms with van der Waals surface area (Å²) in [6.07, 6.45) is 0.107. The van der Waals surface area contributed by atoms with Crippen molar-refractivity contribution in [2.24, 2.45) is 5.73 Å². The van der Waals surface area contributed by atoms with Crippen LogP contribution in [0, 0.1) is 0 Å². The number of carbonyl (C=O) groups excluding carboxylic acids is 1. The second-order valence-corrected chi connectivity index (χ2v) is 2.73. The van der Waals surface area contributed by atoms with Crippen molar-refractivity contribution in [3.63, 3.8) is 0 Å². The molecule has 0 fully saturated rings. The molecule has 3 N–H and O–H groups in total. The molecule has 0 bridgehead atoms. The molecule has 0 spiro atoms. The minimum atomic E-state index is -0.190. The van der Waals surface area contributed by atoms with Crippen molar-refractivity contribution < 1.29 is 9.53 Å². The van der Waals surface area contributed by atoms with Gasteiger partial charge in [0.1, 0.15) is 0 Å². The van der Waals surface area contributed by atoms with Gasteiger partial charge >= 0.3 is 0 Å². The maximum Gasteiger partial charge on any atom is 0.236 e. The first kappa shape index (κ1) is 11.4. The minimum absolute atomic E-state index is 0.0858. The average molecular weight is 175 g/mol. The predicted octanol–water partition coefficient (Wildman–Crippen LogP) is -1.06. The fourth-order valence-corrected chi connectivity index (χ4v) is 0.765. The van der Waals surface area contributed by atoms with E-state index in [0.29, 0.717) is 13.0 Å². The van der Waals surface area contributed by atoms with Crippen molar-refractivity contribution in [3.8, 4) is 0 Å². The quantitative estimate of drug-likeness (QED) is 0.523. The van der Waals surface area contributed by atoms with Gasteiger partial charge in [-0.2, -0.15) is 0 Å². The van der Waals surface area contributed by atoms with Crippen LogP contribution in [0.1, 0.15) is 6.42 Å². The van der Waals surface area contributed by atoms with E-state index < -0.39 is 0 Å². The normalized spacial score (nSPS) is 13.1. The molecule has 0 aliphatic heterocycles. The molecule has 0 aromatic rings. The number of nitrogens with two attached hydrogens (primary N) is 1. The highest BCUT2D eigenvalue weighted by Gasteiger charge is 2.10. The van der Waals surface area contributed by atoms with Crippen molar-refractivity contribution in [2.75, 3.05) is 27.7 Å². The maximum absolute atomic E-state index is 11.1. The number of nitrogens with one attached hydrogen (secondary N) is 1. The van der Waals surface area contributed by atoms with E-state index in [2.05, 4.69) is 5.43 Å². The predicted molar refractivity (Wildman–Crippen MR) is 46.3 cm³/mol. The second-order valence-electron chi connectivity index (χ2n) is 2.73. The minimum Gasteiger partial charge on any atom is -0.380 e. The Hall–Kier alpha value is -0.650. The molecular formula is C7H17N3O2. The van der Waals surface area contributed by atoms with Gasteiger partial charge in [-0.25, -0.2) is 5.01 Å². The van der Waals surface area contributed by atoms with E-state index in [9.17, 15) is 4.79 Å². The van der Waals surface area contributed by atoms with Gasteiger partial charge in [0.15, 0.2) is 0 Å². The third-order valence-corrected chi connectivity index (χ3v) is 1.36. The van der Waals surface area contributed by atoms with E-state index in [-0.39, 0.29) is 12.0 Å². The molecule has 1 atom stereocenters. The van der Waals surface area contributed by atoms with Crippen LogP contribution in [0.4, 0.5) is 0 Å². The Labute approximate surface area is 72.8 Å². The SMILES string of the molecule is COC(CN)CC(=O)NN(C)C. The lowest BCUT2D eigenvalue weighted by Gasteiger charge is -2.15. The van der Waals surface area contributed by atoms with Gasteiger partial charge in [0.2, 0.25) is 5.91 Å². The fourth-order valence-electron chi connectivity index (χ4n) is 0.765. The Kier molecular flexibility index (Phi) is 5.61. The van der Waals surface area contributed by atoms with Gasteiger partial charge in [-0.15, -0.1) is 0 Å². The number of hydrogen-bond donors (Lipinski definition) is 2. The summed E-state index contributed by atoms with van der Waals surface area (Å²) < 4.78 is 4.95. The summed E-state index contributed by atoms with van der Waals surface area (Å²) in [6, 6.07) is 0. The van der Waals surface area contributed by atoms with Crippen LogP contribution in [0.15, 0.2) is 0 Å². The van der Waals surface area contributed by atoms with Crippen LogP contribution in [-0.4, -0.2) is 44.8 Å². The van der Waals surface area contributed by atoms with Crippen molar-refractivity contribution in [3.05, 3.63) is 0 Å². The highest BCUT2D eigenvalue weighted by atomic mass is 16.5. The molecule has 1 unspecified atom stereocenters. The summed E-state index contributed by atoms with van der Waals surface area (Å²) in [5, 5.41) is 1.59. The topological polar surface area (TPSA) is 67.6 Å². The van der Waals surface area contributed by atoms with E-state index in [1.165, 1.54) is 0 Å². The van der Waals surface area contributed by atoms with Crippen molar-refractivity contribution in [1.29, 1.82) is 0 Å². The van der Waals surface area contributed by atoms with Crippen molar-refractivity contribution >= 4 is 5.91 Å². The van der Waals surface area contributed by atoms with Gasteiger partial charge in [0.25, 0.3) is 0 Å². The Bertz CT molecular complexity index is 135. The van der Waals surface area contributed by atoms with Crippen LogP contribution in [0.5, 0.6) is 0 Å². The zero-order valence-corrected chi connectivity index (χ0v) is 7.83. The number of ether oxygens (including phenoxy) is 1. The number of hydrogen-bond acceptors (Lipinski definition) is 4. The molecule has 0 aliphatic rings. The van der Waals surface area contributed by atoms with E-state index in [4.69, 9.17) is 10.5 Å². The molecule has 0 aliphatic carbocycles. The fraction of sp³-hybridized carbons (Fsp3) is 0.857. The molecule has 0 rings (SSSR count). The Morgan fingerprint density at radius 1 is 1.67 bits per heavy atom. The third kappa shape index (κ3) is 5.06. The van der Waals surface area contributed by atoms with E-state index >= 15 is 0 Å². The standard InChI is InChI=1S/C7H17N3O2/c1-10(2)9-7(11)4-6(5-8)12-3/h6H,4-5,8H2,1-3H3,(H,9,11). The lowest BCUT2D eigenvalue weighted by Crippen LogP contribution is -2.39. The van der Waals surface area contributed by atoms with Crippen LogP contribution in [0.3, 0.4) is 0 Å². The van der Waals surface area contributed by atoms with Gasteiger partial charge < -0.3 is 10.5 Å². The van der Waals surface area contributed by atoms with E-state index in [0.717, 1.165) is 0 Å². The van der Waals surface area contributed by atoms with Crippen LogP contribution in [0.25, 0.3) is 0 Å². The summed E-state index contributed by atoms with van der Waals surface area (Å²) in [5.74, 6) is -0.0858. The number of carbonyl (C=O) groups is 1. The smallest absolute Gasteiger partial charge is 0.236 e. The molecule has 0 radical (unpaired) electrons. The number of nitrogens with zero attached hydrogens (tertiary/aromatic N) is 1. The summed E-state index contributed by atoms with van der Waals surface area (Å²) in [7, 11) is 5.05. The average Bonchev–Trinajstić information content (AvgIpc) is 1.98. The molecule has 12 heavy (non-hydrogen) atoms. The summed E-state index contributed by atoms with van der Waals surface area (Å²) in [6.45, 7) is 0.358. The van der Waals surface area contributed by atoms with Gasteiger partial charge in [-0.05, 0) is 0 Å². The molecular weight excluding hydrogens is 158 g/mol. The summed E-state index contributed by atoms with van der Waals surface area (Å²) in [5.41, 5.74) is 7.94. The number of hydrazine groups is 1. The van der Waals surface area contributed by atoms with Crippen LogP contribution in [0.2, 0.25) is 0 Å². The summed E-state index contributed by atoms with van der Waals surface area (Å²) in [4.78, 5) is 11.1. The van der Waals surface area contributed by atoms with E-state index in [1.807, 2.05) is 0 Å². The summed E-state index contributed by atoms with van der Waals surface area (Å²) >= 11 is 0. The first-order valence-electron chi connectivity index (χ1n) is 3.79. The van der Waals surface area contributed by atoms with Gasteiger partial charge in [-0.1, -0.05) is 0 Å². The molecule has 1 amide bonds. The molecule has 5 heteroatoms. The molecule has 72 valence electrons. The molecule has 0 aromatic carbocycles. The highest BCUT2D eigenvalue weighted by Crippen LogP contribution is 1.93. The second kappa shape index (κ2) is 5.93. The molecule has 0 saturated heterocycles. The lowest BCUT2D eigenvalue weighted by molar-refractivity contribution is -0.127. The number of rotatable bonds is 5. The first-order chi connectivity index (χ1) is 5.60. The van der Waals surface area contributed by atoms with Crippen LogP contribution >= 0.6 is 0 Å². The Morgan fingerprint density at radius 3 is 2.58 bits per heavy atom.